The lowest BCUT2D eigenvalue weighted by Gasteiger charge is -2.21. The van der Waals surface area contributed by atoms with E-state index < -0.39 is 0 Å². The molecular formula is C13H18ClN3. The van der Waals surface area contributed by atoms with Crippen molar-refractivity contribution in [3.63, 3.8) is 0 Å². The average molecular weight is 252 g/mol. The Morgan fingerprint density at radius 1 is 1.41 bits per heavy atom. The van der Waals surface area contributed by atoms with Crippen LogP contribution in [0.2, 0.25) is 5.02 Å². The molecule has 0 spiro atoms. The van der Waals surface area contributed by atoms with Gasteiger partial charge in [-0.15, -0.1) is 0 Å². The molecule has 0 aliphatic rings. The monoisotopic (exact) mass is 251 g/mol. The molecule has 0 saturated carbocycles. The van der Waals surface area contributed by atoms with Crippen LogP contribution < -0.4 is 5.73 Å². The van der Waals surface area contributed by atoms with E-state index in [4.69, 9.17) is 17.3 Å². The van der Waals surface area contributed by atoms with E-state index in [0.29, 0.717) is 6.54 Å². The molecule has 0 radical (unpaired) electrons. The van der Waals surface area contributed by atoms with Crippen molar-refractivity contribution < 1.29 is 0 Å². The summed E-state index contributed by atoms with van der Waals surface area (Å²) in [7, 11) is 2.03. The van der Waals surface area contributed by atoms with Crippen LogP contribution in [0.4, 0.5) is 0 Å². The van der Waals surface area contributed by atoms with Crippen molar-refractivity contribution in [1.82, 2.24) is 9.55 Å². The number of aromatic nitrogens is 2. The Balaban J connectivity index is 2.78. The fourth-order valence-corrected chi connectivity index (χ4v) is 2.50. The van der Waals surface area contributed by atoms with Crippen LogP contribution in [-0.2, 0) is 12.5 Å². The Bertz CT molecular complexity index is 570. The van der Waals surface area contributed by atoms with Crippen LogP contribution in [0.15, 0.2) is 12.1 Å². The molecule has 0 atom stereocenters. The fourth-order valence-electron chi connectivity index (χ4n) is 2.23. The van der Waals surface area contributed by atoms with E-state index in [1.807, 2.05) is 19.2 Å². The van der Waals surface area contributed by atoms with E-state index in [1.165, 1.54) is 0 Å². The first-order valence-corrected chi connectivity index (χ1v) is 6.08. The maximum atomic E-state index is 6.06. The van der Waals surface area contributed by atoms with E-state index in [2.05, 4.69) is 30.3 Å². The van der Waals surface area contributed by atoms with Gasteiger partial charge < -0.3 is 10.3 Å². The Morgan fingerprint density at radius 3 is 2.65 bits per heavy atom. The number of nitrogens with two attached hydrogens (primary N) is 1. The lowest BCUT2D eigenvalue weighted by Crippen LogP contribution is -2.31. The highest BCUT2D eigenvalue weighted by atomic mass is 35.5. The molecule has 17 heavy (non-hydrogen) atoms. The molecule has 4 heteroatoms. The van der Waals surface area contributed by atoms with Crippen molar-refractivity contribution in [2.45, 2.75) is 26.2 Å². The number of hydrogen-bond acceptors (Lipinski definition) is 2. The number of nitrogens with zero attached hydrogens (tertiary/aromatic N) is 2. The van der Waals surface area contributed by atoms with Gasteiger partial charge in [-0.2, -0.15) is 0 Å². The predicted octanol–water partition coefficient (Wildman–Crippen LogP) is 2.77. The van der Waals surface area contributed by atoms with Crippen LogP contribution in [0.3, 0.4) is 0 Å². The molecule has 2 N–H and O–H groups in total. The Labute approximate surface area is 107 Å². The van der Waals surface area contributed by atoms with Gasteiger partial charge in [0.05, 0.1) is 11.0 Å². The summed E-state index contributed by atoms with van der Waals surface area (Å²) >= 11 is 6.06. The summed E-state index contributed by atoms with van der Waals surface area (Å²) in [4.78, 5) is 4.67. The van der Waals surface area contributed by atoms with Crippen molar-refractivity contribution in [1.29, 1.82) is 0 Å². The highest BCUT2D eigenvalue weighted by Crippen LogP contribution is 2.28. The van der Waals surface area contributed by atoms with E-state index in [0.717, 1.165) is 27.4 Å². The summed E-state index contributed by atoms with van der Waals surface area (Å²) in [6.07, 6.45) is 0. The standard InChI is InChI=1S/C13H18ClN3/c1-8-5-9(14)6-10-11(8)17(4)12(16-10)13(2,3)7-15/h5-6H,7,15H2,1-4H3. The number of rotatable bonds is 2. The second-order valence-corrected chi connectivity index (χ2v) is 5.61. The third-order valence-electron chi connectivity index (χ3n) is 3.24. The van der Waals surface area contributed by atoms with E-state index in [-0.39, 0.29) is 5.41 Å². The summed E-state index contributed by atoms with van der Waals surface area (Å²) < 4.78 is 2.12. The summed E-state index contributed by atoms with van der Waals surface area (Å²) in [6.45, 7) is 6.82. The molecule has 0 unspecified atom stereocenters. The van der Waals surface area contributed by atoms with Gasteiger partial charge in [0.2, 0.25) is 0 Å². The first kappa shape index (κ1) is 12.4. The van der Waals surface area contributed by atoms with Crippen LogP contribution in [0, 0.1) is 6.92 Å². The van der Waals surface area contributed by atoms with E-state index in [9.17, 15) is 0 Å². The van der Waals surface area contributed by atoms with Gasteiger partial charge in [0.15, 0.2) is 0 Å². The SMILES string of the molecule is Cc1cc(Cl)cc2nc(C(C)(C)CN)n(C)c12. The summed E-state index contributed by atoms with van der Waals surface area (Å²) in [6, 6.07) is 3.87. The summed E-state index contributed by atoms with van der Waals surface area (Å²) in [5, 5.41) is 0.727. The molecule has 3 nitrogen and oxygen atoms in total. The van der Waals surface area contributed by atoms with Crippen molar-refractivity contribution in [3.8, 4) is 0 Å². The van der Waals surface area contributed by atoms with Gasteiger partial charge in [0.1, 0.15) is 5.82 Å². The summed E-state index contributed by atoms with van der Waals surface area (Å²) in [5.74, 6) is 1.00. The zero-order valence-corrected chi connectivity index (χ0v) is 11.5. The van der Waals surface area contributed by atoms with Gasteiger partial charge in [-0.1, -0.05) is 25.4 Å². The minimum atomic E-state index is -0.132. The summed E-state index contributed by atoms with van der Waals surface area (Å²) in [5.41, 5.74) is 8.90. The van der Waals surface area contributed by atoms with Gasteiger partial charge in [0.25, 0.3) is 0 Å². The first-order valence-electron chi connectivity index (χ1n) is 5.70. The molecule has 1 heterocycles. The average Bonchev–Trinajstić information content (AvgIpc) is 2.56. The smallest absolute Gasteiger partial charge is 0.116 e. The lowest BCUT2D eigenvalue weighted by atomic mass is 9.93. The van der Waals surface area contributed by atoms with Crippen molar-refractivity contribution in [3.05, 3.63) is 28.5 Å². The maximum absolute atomic E-state index is 6.06. The maximum Gasteiger partial charge on any atom is 0.116 e. The van der Waals surface area contributed by atoms with Crippen molar-refractivity contribution in [2.24, 2.45) is 12.8 Å². The number of aryl methyl sites for hydroxylation is 2. The molecule has 0 aliphatic carbocycles. The fraction of sp³-hybridized carbons (Fsp3) is 0.462. The molecule has 2 rings (SSSR count). The minimum absolute atomic E-state index is 0.132. The first-order chi connectivity index (χ1) is 7.86. The number of fused-ring (bicyclic) bond motifs is 1. The zero-order valence-electron chi connectivity index (χ0n) is 10.7. The van der Waals surface area contributed by atoms with E-state index in [1.54, 1.807) is 0 Å². The normalized spacial score (nSPS) is 12.4. The van der Waals surface area contributed by atoms with Gasteiger partial charge in [-0.05, 0) is 24.6 Å². The Hall–Kier alpha value is -1.06. The number of halogens is 1. The molecule has 0 aliphatic heterocycles. The molecule has 0 saturated heterocycles. The van der Waals surface area contributed by atoms with Gasteiger partial charge in [0, 0.05) is 24.0 Å². The van der Waals surface area contributed by atoms with Crippen LogP contribution in [-0.4, -0.2) is 16.1 Å². The highest BCUT2D eigenvalue weighted by molar-refractivity contribution is 6.31. The minimum Gasteiger partial charge on any atom is -0.330 e. The predicted molar refractivity (Wildman–Crippen MR) is 72.5 cm³/mol. The van der Waals surface area contributed by atoms with Gasteiger partial charge >= 0.3 is 0 Å². The van der Waals surface area contributed by atoms with Crippen LogP contribution in [0.1, 0.15) is 25.2 Å². The van der Waals surface area contributed by atoms with Crippen LogP contribution in [0.5, 0.6) is 0 Å². The second kappa shape index (κ2) is 4.00. The molecule has 2 aromatic rings. The third kappa shape index (κ3) is 1.94. The number of hydrogen-bond donors (Lipinski definition) is 1. The van der Waals surface area contributed by atoms with Crippen molar-refractivity contribution >= 4 is 22.6 Å². The Morgan fingerprint density at radius 2 is 2.06 bits per heavy atom. The molecule has 0 fully saturated rings. The van der Waals surface area contributed by atoms with E-state index >= 15 is 0 Å². The Kier molecular flexibility index (Phi) is 2.92. The third-order valence-corrected chi connectivity index (χ3v) is 3.46. The molecule has 0 amide bonds. The highest BCUT2D eigenvalue weighted by Gasteiger charge is 2.25. The molecule has 0 bridgehead atoms. The molecule has 1 aromatic heterocycles. The van der Waals surface area contributed by atoms with Crippen LogP contribution in [0.25, 0.3) is 11.0 Å². The van der Waals surface area contributed by atoms with Crippen LogP contribution >= 0.6 is 11.6 Å². The lowest BCUT2D eigenvalue weighted by molar-refractivity contribution is 0.487. The second-order valence-electron chi connectivity index (χ2n) is 5.17. The largest absolute Gasteiger partial charge is 0.330 e. The molecular weight excluding hydrogens is 234 g/mol. The van der Waals surface area contributed by atoms with Gasteiger partial charge in [-0.3, -0.25) is 0 Å². The molecule has 1 aromatic carbocycles. The molecule has 92 valence electrons. The van der Waals surface area contributed by atoms with Gasteiger partial charge in [-0.25, -0.2) is 4.98 Å². The number of benzene rings is 1. The topological polar surface area (TPSA) is 43.8 Å². The van der Waals surface area contributed by atoms with Crippen molar-refractivity contribution in [2.75, 3.05) is 6.54 Å². The zero-order chi connectivity index (χ0) is 12.8. The quantitative estimate of drug-likeness (QED) is 0.892. The number of imidazole rings is 1.